The largest absolute Gasteiger partial charge is 0.497 e. The van der Waals surface area contributed by atoms with Gasteiger partial charge < -0.3 is 10.1 Å². The van der Waals surface area contributed by atoms with Gasteiger partial charge in [0.25, 0.3) is 10.0 Å². The highest BCUT2D eigenvalue weighted by atomic mass is 32.2. The summed E-state index contributed by atoms with van der Waals surface area (Å²) in [4.78, 5) is 0.316. The minimum atomic E-state index is -3.56. The number of hydrogen-bond acceptors (Lipinski definition) is 4. The number of benzene rings is 2. The molecule has 0 spiro atoms. The van der Waals surface area contributed by atoms with Gasteiger partial charge in [-0.2, -0.15) is 0 Å². The average Bonchev–Trinajstić information content (AvgIpc) is 2.53. The first-order valence-corrected chi connectivity index (χ1v) is 8.48. The Kier molecular flexibility index (Phi) is 3.70. The Morgan fingerprint density at radius 2 is 2.00 bits per heavy atom. The lowest BCUT2D eigenvalue weighted by molar-refractivity contribution is 0.415. The van der Waals surface area contributed by atoms with Crippen LogP contribution in [0.5, 0.6) is 5.75 Å². The quantitative estimate of drug-likeness (QED) is 0.945. The minimum absolute atomic E-state index is 0.316. The highest BCUT2D eigenvalue weighted by Crippen LogP contribution is 2.35. The number of hydrogen-bond donors (Lipinski definition) is 1. The monoisotopic (exact) mass is 318 g/mol. The fourth-order valence-corrected chi connectivity index (χ4v) is 4.16. The number of fused-ring (bicyclic) bond motifs is 1. The molecule has 0 aliphatic carbocycles. The van der Waals surface area contributed by atoms with E-state index in [0.717, 1.165) is 11.3 Å². The molecule has 1 N–H and O–H groups in total. The summed E-state index contributed by atoms with van der Waals surface area (Å²) in [6.45, 7) is 2.84. The predicted molar refractivity (Wildman–Crippen MR) is 87.2 cm³/mol. The summed E-state index contributed by atoms with van der Waals surface area (Å²) >= 11 is 0. The van der Waals surface area contributed by atoms with Crippen molar-refractivity contribution in [1.82, 2.24) is 0 Å². The predicted octanol–water partition coefficient (Wildman–Crippen LogP) is 2.62. The van der Waals surface area contributed by atoms with Crippen LogP contribution < -0.4 is 14.4 Å². The number of sulfonamides is 1. The molecule has 0 amide bonds. The lowest BCUT2D eigenvalue weighted by Gasteiger charge is -2.31. The molecule has 0 saturated heterocycles. The number of anilines is 2. The van der Waals surface area contributed by atoms with Gasteiger partial charge in [-0.15, -0.1) is 0 Å². The van der Waals surface area contributed by atoms with E-state index in [1.807, 2.05) is 19.1 Å². The van der Waals surface area contributed by atoms with Gasteiger partial charge >= 0.3 is 0 Å². The topological polar surface area (TPSA) is 58.6 Å². The minimum Gasteiger partial charge on any atom is -0.497 e. The molecular weight excluding hydrogens is 300 g/mol. The number of ether oxygens (including phenoxy) is 1. The van der Waals surface area contributed by atoms with Crippen molar-refractivity contribution in [2.24, 2.45) is 0 Å². The van der Waals surface area contributed by atoms with Crippen LogP contribution in [0.3, 0.4) is 0 Å². The first-order chi connectivity index (χ1) is 10.5. The highest BCUT2D eigenvalue weighted by Gasteiger charge is 2.29. The summed E-state index contributed by atoms with van der Waals surface area (Å²) in [5.74, 6) is 0.695. The van der Waals surface area contributed by atoms with Gasteiger partial charge in [0, 0.05) is 12.6 Å². The Balaban J connectivity index is 2.07. The summed E-state index contributed by atoms with van der Waals surface area (Å²) in [6, 6.07) is 12.3. The van der Waals surface area contributed by atoms with E-state index in [2.05, 4.69) is 5.32 Å². The number of nitrogens with zero attached hydrogens (tertiary/aromatic N) is 1. The molecule has 0 fully saturated rings. The molecule has 0 atom stereocenters. The van der Waals surface area contributed by atoms with Crippen LogP contribution in [0.1, 0.15) is 5.56 Å². The van der Waals surface area contributed by atoms with Crippen molar-refractivity contribution >= 4 is 21.4 Å². The Morgan fingerprint density at radius 3 is 2.73 bits per heavy atom. The molecule has 6 heteroatoms. The van der Waals surface area contributed by atoms with Crippen LogP contribution in [0.2, 0.25) is 0 Å². The first kappa shape index (κ1) is 14.7. The Morgan fingerprint density at radius 1 is 1.18 bits per heavy atom. The van der Waals surface area contributed by atoms with E-state index in [1.165, 1.54) is 4.31 Å². The molecular formula is C16H18N2O3S. The number of aryl methyl sites for hydroxylation is 1. The summed E-state index contributed by atoms with van der Waals surface area (Å²) in [7, 11) is -1.98. The Hall–Kier alpha value is -2.21. The van der Waals surface area contributed by atoms with Gasteiger partial charge in [0.2, 0.25) is 0 Å². The van der Waals surface area contributed by atoms with Gasteiger partial charge in [-0.25, -0.2) is 8.42 Å². The molecule has 1 heterocycles. The van der Waals surface area contributed by atoms with Crippen LogP contribution >= 0.6 is 0 Å². The van der Waals surface area contributed by atoms with Crippen LogP contribution in [0, 0.1) is 6.92 Å². The van der Waals surface area contributed by atoms with E-state index in [0.29, 0.717) is 29.4 Å². The van der Waals surface area contributed by atoms with Crippen molar-refractivity contribution < 1.29 is 13.2 Å². The molecule has 116 valence electrons. The van der Waals surface area contributed by atoms with Crippen LogP contribution in [0.15, 0.2) is 47.4 Å². The molecule has 2 aromatic rings. The molecule has 1 aliphatic rings. The molecule has 2 aromatic carbocycles. The van der Waals surface area contributed by atoms with Crippen LogP contribution in [0.25, 0.3) is 0 Å². The van der Waals surface area contributed by atoms with E-state index < -0.39 is 10.0 Å². The van der Waals surface area contributed by atoms with Gasteiger partial charge in [0.1, 0.15) is 5.75 Å². The number of rotatable bonds is 3. The van der Waals surface area contributed by atoms with Crippen molar-refractivity contribution in [3.63, 3.8) is 0 Å². The van der Waals surface area contributed by atoms with Crippen LogP contribution in [0.4, 0.5) is 11.4 Å². The fraction of sp³-hybridized carbons (Fsp3) is 0.250. The van der Waals surface area contributed by atoms with Crippen molar-refractivity contribution in [2.75, 3.05) is 29.8 Å². The van der Waals surface area contributed by atoms with Gasteiger partial charge in [-0.3, -0.25) is 4.31 Å². The molecule has 0 radical (unpaired) electrons. The average molecular weight is 318 g/mol. The van der Waals surface area contributed by atoms with Gasteiger partial charge in [0.15, 0.2) is 0 Å². The summed E-state index contributed by atoms with van der Waals surface area (Å²) in [6.07, 6.45) is 0. The summed E-state index contributed by atoms with van der Waals surface area (Å²) in [5, 5.41) is 3.22. The fourth-order valence-electron chi connectivity index (χ4n) is 2.57. The lowest BCUT2D eigenvalue weighted by Crippen LogP contribution is -2.38. The van der Waals surface area contributed by atoms with E-state index in [9.17, 15) is 8.42 Å². The molecule has 3 rings (SSSR count). The zero-order valence-electron chi connectivity index (χ0n) is 12.5. The zero-order chi connectivity index (χ0) is 15.7. The van der Waals surface area contributed by atoms with Crippen molar-refractivity contribution in [2.45, 2.75) is 11.8 Å². The molecule has 0 aromatic heterocycles. The molecule has 0 bridgehead atoms. The van der Waals surface area contributed by atoms with Gasteiger partial charge in [-0.1, -0.05) is 12.1 Å². The summed E-state index contributed by atoms with van der Waals surface area (Å²) in [5.41, 5.74) is 2.33. The first-order valence-electron chi connectivity index (χ1n) is 7.04. The van der Waals surface area contributed by atoms with Gasteiger partial charge in [0.05, 0.1) is 29.9 Å². The van der Waals surface area contributed by atoms with E-state index >= 15 is 0 Å². The molecule has 1 aliphatic heterocycles. The second kappa shape index (κ2) is 5.53. The second-order valence-corrected chi connectivity index (χ2v) is 7.07. The number of methoxy groups -OCH3 is 1. The molecule has 22 heavy (non-hydrogen) atoms. The van der Waals surface area contributed by atoms with Crippen LogP contribution in [-0.4, -0.2) is 28.6 Å². The third-order valence-electron chi connectivity index (χ3n) is 3.68. The maximum atomic E-state index is 12.9. The lowest BCUT2D eigenvalue weighted by atomic mass is 10.2. The SMILES string of the molecule is COc1ccc2c(c1)NCCN2S(=O)(=O)c1cccc(C)c1. The molecule has 0 saturated carbocycles. The standard InChI is InChI=1S/C16H18N2O3S/c1-12-4-3-5-14(10-12)22(19,20)18-9-8-17-15-11-13(21-2)6-7-16(15)18/h3-7,10-11,17H,8-9H2,1-2H3. The Labute approximate surface area is 130 Å². The third-order valence-corrected chi connectivity index (χ3v) is 5.49. The van der Waals surface area contributed by atoms with E-state index in [-0.39, 0.29) is 0 Å². The maximum Gasteiger partial charge on any atom is 0.264 e. The third kappa shape index (κ3) is 2.50. The number of nitrogens with one attached hydrogen (secondary N) is 1. The molecule has 0 unspecified atom stereocenters. The van der Waals surface area contributed by atoms with Crippen molar-refractivity contribution in [3.8, 4) is 5.75 Å². The molecule has 5 nitrogen and oxygen atoms in total. The summed E-state index contributed by atoms with van der Waals surface area (Å²) < 4.78 is 32.5. The van der Waals surface area contributed by atoms with Crippen molar-refractivity contribution in [1.29, 1.82) is 0 Å². The normalized spacial score (nSPS) is 14.2. The van der Waals surface area contributed by atoms with E-state index in [1.54, 1.807) is 37.4 Å². The van der Waals surface area contributed by atoms with Crippen LogP contribution in [-0.2, 0) is 10.0 Å². The maximum absolute atomic E-state index is 12.9. The second-order valence-electron chi connectivity index (χ2n) is 5.20. The zero-order valence-corrected chi connectivity index (χ0v) is 13.4. The highest BCUT2D eigenvalue weighted by molar-refractivity contribution is 7.92. The van der Waals surface area contributed by atoms with E-state index in [4.69, 9.17) is 4.74 Å². The van der Waals surface area contributed by atoms with Crippen molar-refractivity contribution in [3.05, 3.63) is 48.0 Å². The smallest absolute Gasteiger partial charge is 0.264 e. The Bertz CT molecular complexity index is 803. The van der Waals surface area contributed by atoms with Gasteiger partial charge in [-0.05, 0) is 36.8 Å².